The summed E-state index contributed by atoms with van der Waals surface area (Å²) in [4.78, 5) is 17.6. The molecule has 2 aromatic carbocycles. The summed E-state index contributed by atoms with van der Waals surface area (Å²) in [7, 11) is 0. The van der Waals surface area contributed by atoms with Gasteiger partial charge in [-0.05, 0) is 37.6 Å². The van der Waals surface area contributed by atoms with E-state index in [2.05, 4.69) is 17.4 Å². The van der Waals surface area contributed by atoms with Gasteiger partial charge in [-0.25, -0.2) is 0 Å². The number of fused-ring (bicyclic) bond motifs is 1. The van der Waals surface area contributed by atoms with Crippen LogP contribution in [-0.2, 0) is 6.54 Å². The molecule has 2 aromatic heterocycles. The molecule has 0 radical (unpaired) electrons. The summed E-state index contributed by atoms with van der Waals surface area (Å²) in [5.74, 6) is 1.43. The highest BCUT2D eigenvalue weighted by Crippen LogP contribution is 2.29. The number of carbonyl (C=O) groups excluding carboxylic acids is 1. The van der Waals surface area contributed by atoms with Gasteiger partial charge in [-0.15, -0.1) is 0 Å². The Balaban J connectivity index is 1.73. The van der Waals surface area contributed by atoms with E-state index in [1.807, 2.05) is 68.4 Å². The van der Waals surface area contributed by atoms with Crippen molar-refractivity contribution in [3.8, 4) is 11.1 Å². The van der Waals surface area contributed by atoms with Gasteiger partial charge in [-0.1, -0.05) is 48.5 Å². The van der Waals surface area contributed by atoms with Crippen molar-refractivity contribution in [1.29, 1.82) is 0 Å². The first-order chi connectivity index (χ1) is 13.1. The van der Waals surface area contributed by atoms with Crippen LogP contribution in [0, 0.1) is 13.8 Å². The molecule has 0 saturated heterocycles. The third-order valence-corrected chi connectivity index (χ3v) is 4.52. The largest absolute Gasteiger partial charge is 0.465 e. The zero-order chi connectivity index (χ0) is 18.8. The normalized spacial score (nSPS) is 10.9. The fourth-order valence-electron chi connectivity index (χ4n) is 3.26. The van der Waals surface area contributed by atoms with Gasteiger partial charge < -0.3 is 9.73 Å². The van der Waals surface area contributed by atoms with E-state index in [4.69, 9.17) is 9.40 Å². The lowest BCUT2D eigenvalue weighted by Gasteiger charge is -2.11. The number of nitrogens with zero attached hydrogens (tertiary/aromatic N) is 1. The summed E-state index contributed by atoms with van der Waals surface area (Å²) in [6.45, 7) is 4.15. The summed E-state index contributed by atoms with van der Waals surface area (Å²) < 4.78 is 5.53. The first-order valence-corrected chi connectivity index (χ1v) is 8.91. The van der Waals surface area contributed by atoms with Gasteiger partial charge in [0.2, 0.25) is 0 Å². The number of furan rings is 1. The monoisotopic (exact) mass is 356 g/mol. The van der Waals surface area contributed by atoms with Gasteiger partial charge >= 0.3 is 0 Å². The van der Waals surface area contributed by atoms with Crippen LogP contribution in [0.3, 0.4) is 0 Å². The van der Waals surface area contributed by atoms with Gasteiger partial charge in [-0.3, -0.25) is 9.78 Å². The smallest absolute Gasteiger partial charge is 0.252 e. The zero-order valence-electron chi connectivity index (χ0n) is 15.3. The lowest BCUT2D eigenvalue weighted by atomic mass is 9.98. The van der Waals surface area contributed by atoms with E-state index in [1.54, 1.807) is 0 Å². The van der Waals surface area contributed by atoms with E-state index in [9.17, 15) is 4.79 Å². The Morgan fingerprint density at radius 1 is 1.00 bits per heavy atom. The molecule has 134 valence electrons. The zero-order valence-corrected chi connectivity index (χ0v) is 15.3. The lowest BCUT2D eigenvalue weighted by Crippen LogP contribution is -2.23. The summed E-state index contributed by atoms with van der Waals surface area (Å²) >= 11 is 0. The number of hydrogen-bond acceptors (Lipinski definition) is 3. The number of amides is 1. The van der Waals surface area contributed by atoms with Crippen molar-refractivity contribution in [2.75, 3.05) is 0 Å². The Morgan fingerprint density at radius 3 is 2.56 bits per heavy atom. The minimum Gasteiger partial charge on any atom is -0.465 e. The predicted molar refractivity (Wildman–Crippen MR) is 107 cm³/mol. The van der Waals surface area contributed by atoms with Crippen molar-refractivity contribution >= 4 is 16.8 Å². The fraction of sp³-hybridized carbons (Fsp3) is 0.130. The van der Waals surface area contributed by atoms with Gasteiger partial charge in [-0.2, -0.15) is 0 Å². The topological polar surface area (TPSA) is 55.1 Å². The van der Waals surface area contributed by atoms with Crippen LogP contribution in [0.5, 0.6) is 0 Å². The van der Waals surface area contributed by atoms with Crippen LogP contribution >= 0.6 is 0 Å². The molecule has 4 heteroatoms. The SMILES string of the molecule is Cc1cc(C(=O)NCc2ccc(C)o2)c2cccc(-c3ccccc3)c2n1. The number of aryl methyl sites for hydroxylation is 2. The molecule has 0 aliphatic carbocycles. The molecule has 27 heavy (non-hydrogen) atoms. The molecule has 0 aliphatic heterocycles. The molecule has 0 atom stereocenters. The van der Waals surface area contributed by atoms with Gasteiger partial charge in [0, 0.05) is 16.6 Å². The Labute approximate surface area is 157 Å². The number of para-hydroxylation sites is 1. The Kier molecular flexibility index (Phi) is 4.47. The van der Waals surface area contributed by atoms with Crippen LogP contribution in [0.15, 0.2) is 71.1 Å². The molecule has 0 aliphatic rings. The maximum absolute atomic E-state index is 12.9. The molecule has 0 unspecified atom stereocenters. The molecule has 0 fully saturated rings. The maximum Gasteiger partial charge on any atom is 0.252 e. The second kappa shape index (κ2) is 7.08. The molecule has 0 spiro atoms. The standard InChI is InChI=1S/C23H20N2O2/c1-15-13-21(23(26)24-14-18-12-11-16(2)27-18)20-10-6-9-19(22(20)25-15)17-7-4-3-5-8-17/h3-13H,14H2,1-2H3,(H,24,26). The fourth-order valence-corrected chi connectivity index (χ4v) is 3.26. The van der Waals surface area contributed by atoms with E-state index < -0.39 is 0 Å². The second-order valence-electron chi connectivity index (χ2n) is 6.57. The predicted octanol–water partition coefficient (Wildman–Crippen LogP) is 5.04. The van der Waals surface area contributed by atoms with Crippen molar-refractivity contribution in [2.24, 2.45) is 0 Å². The van der Waals surface area contributed by atoms with Crippen LogP contribution in [0.25, 0.3) is 22.0 Å². The number of aromatic nitrogens is 1. The average Bonchev–Trinajstić information content (AvgIpc) is 3.11. The van der Waals surface area contributed by atoms with Gasteiger partial charge in [0.05, 0.1) is 17.6 Å². The molecule has 4 aromatic rings. The molecular weight excluding hydrogens is 336 g/mol. The lowest BCUT2D eigenvalue weighted by molar-refractivity contribution is 0.0949. The molecule has 4 nitrogen and oxygen atoms in total. The number of hydrogen-bond donors (Lipinski definition) is 1. The summed E-state index contributed by atoms with van der Waals surface area (Å²) in [5.41, 5.74) is 4.37. The van der Waals surface area contributed by atoms with Crippen LogP contribution in [0.4, 0.5) is 0 Å². The first kappa shape index (κ1) is 17.0. The van der Waals surface area contributed by atoms with E-state index in [0.717, 1.165) is 39.2 Å². The minimum absolute atomic E-state index is 0.134. The maximum atomic E-state index is 12.9. The molecule has 1 amide bonds. The van der Waals surface area contributed by atoms with Gasteiger partial charge in [0.15, 0.2) is 0 Å². The van der Waals surface area contributed by atoms with Crippen LogP contribution in [0.2, 0.25) is 0 Å². The average molecular weight is 356 g/mol. The van der Waals surface area contributed by atoms with Crippen molar-refractivity contribution in [3.63, 3.8) is 0 Å². The molecule has 4 rings (SSSR count). The number of rotatable bonds is 4. The van der Waals surface area contributed by atoms with Crippen molar-refractivity contribution in [2.45, 2.75) is 20.4 Å². The molecule has 0 bridgehead atoms. The van der Waals surface area contributed by atoms with E-state index >= 15 is 0 Å². The van der Waals surface area contributed by atoms with E-state index in [-0.39, 0.29) is 5.91 Å². The van der Waals surface area contributed by atoms with Crippen molar-refractivity contribution in [3.05, 3.63) is 89.5 Å². The number of nitrogens with one attached hydrogen (secondary N) is 1. The molecular formula is C23H20N2O2. The van der Waals surface area contributed by atoms with E-state index in [1.165, 1.54) is 0 Å². The van der Waals surface area contributed by atoms with Crippen molar-refractivity contribution < 1.29 is 9.21 Å². The third-order valence-electron chi connectivity index (χ3n) is 4.52. The second-order valence-corrected chi connectivity index (χ2v) is 6.57. The van der Waals surface area contributed by atoms with Crippen molar-refractivity contribution in [1.82, 2.24) is 10.3 Å². The summed E-state index contributed by atoms with van der Waals surface area (Å²) in [5, 5.41) is 3.79. The quantitative estimate of drug-likeness (QED) is 0.557. The van der Waals surface area contributed by atoms with E-state index in [0.29, 0.717) is 12.1 Å². The Bertz CT molecular complexity index is 1110. The van der Waals surface area contributed by atoms with Crippen LogP contribution < -0.4 is 5.32 Å². The number of pyridine rings is 1. The highest BCUT2D eigenvalue weighted by atomic mass is 16.3. The number of carbonyl (C=O) groups is 1. The molecule has 1 N–H and O–H groups in total. The summed E-state index contributed by atoms with van der Waals surface area (Å²) in [6.07, 6.45) is 0. The Hall–Kier alpha value is -3.40. The minimum atomic E-state index is -0.134. The third kappa shape index (κ3) is 3.47. The highest BCUT2D eigenvalue weighted by Gasteiger charge is 2.15. The highest BCUT2D eigenvalue weighted by molar-refractivity contribution is 6.09. The van der Waals surface area contributed by atoms with Gasteiger partial charge in [0.1, 0.15) is 11.5 Å². The Morgan fingerprint density at radius 2 is 1.81 bits per heavy atom. The number of benzene rings is 2. The first-order valence-electron chi connectivity index (χ1n) is 8.91. The van der Waals surface area contributed by atoms with Crippen LogP contribution in [0.1, 0.15) is 27.6 Å². The van der Waals surface area contributed by atoms with Gasteiger partial charge in [0.25, 0.3) is 5.91 Å². The molecule has 2 heterocycles. The van der Waals surface area contributed by atoms with Crippen LogP contribution in [-0.4, -0.2) is 10.9 Å². The molecule has 0 saturated carbocycles. The summed E-state index contributed by atoms with van der Waals surface area (Å²) in [6, 6.07) is 21.6.